The lowest BCUT2D eigenvalue weighted by molar-refractivity contribution is 0.0600. The molecule has 1 aliphatic rings. The van der Waals surface area contributed by atoms with Gasteiger partial charge in [0.1, 0.15) is 5.75 Å². The standard InChI is InChI=1S/C16H24N2O2/c1-4-16(2)5-7-18(8-6-16)15(19)12-9-13(17)11-14(10-12)20-3/h9-11H,4-8,17H2,1-3H3. The second-order valence-electron chi connectivity index (χ2n) is 5.95. The first-order valence-electron chi connectivity index (χ1n) is 7.21. The molecule has 0 spiro atoms. The van der Waals surface area contributed by atoms with E-state index in [0.29, 0.717) is 22.4 Å². The number of amides is 1. The number of hydrogen-bond donors (Lipinski definition) is 1. The molecule has 1 saturated heterocycles. The summed E-state index contributed by atoms with van der Waals surface area (Å²) in [6.07, 6.45) is 3.30. The van der Waals surface area contributed by atoms with Gasteiger partial charge in [0, 0.05) is 30.4 Å². The van der Waals surface area contributed by atoms with Gasteiger partial charge in [0.2, 0.25) is 0 Å². The average Bonchev–Trinajstić information content (AvgIpc) is 2.46. The number of nitrogens with two attached hydrogens (primary N) is 1. The van der Waals surface area contributed by atoms with Crippen LogP contribution in [0.1, 0.15) is 43.5 Å². The van der Waals surface area contributed by atoms with Crippen LogP contribution in [0.3, 0.4) is 0 Å². The molecular weight excluding hydrogens is 252 g/mol. The molecule has 1 heterocycles. The molecule has 4 heteroatoms. The Morgan fingerprint density at radius 3 is 2.55 bits per heavy atom. The maximum Gasteiger partial charge on any atom is 0.254 e. The van der Waals surface area contributed by atoms with Crippen LogP contribution in [0.4, 0.5) is 5.69 Å². The molecule has 0 saturated carbocycles. The molecule has 1 fully saturated rings. The quantitative estimate of drug-likeness (QED) is 0.864. The summed E-state index contributed by atoms with van der Waals surface area (Å²) in [5.74, 6) is 0.678. The van der Waals surface area contributed by atoms with Gasteiger partial charge in [-0.15, -0.1) is 0 Å². The van der Waals surface area contributed by atoms with Crippen molar-refractivity contribution in [2.45, 2.75) is 33.1 Å². The Labute approximate surface area is 120 Å². The number of hydrogen-bond acceptors (Lipinski definition) is 3. The maximum atomic E-state index is 12.5. The van der Waals surface area contributed by atoms with Gasteiger partial charge in [-0.1, -0.05) is 20.3 Å². The Morgan fingerprint density at radius 1 is 1.35 bits per heavy atom. The zero-order valence-electron chi connectivity index (χ0n) is 12.6. The van der Waals surface area contributed by atoms with Gasteiger partial charge in [-0.05, 0) is 30.4 Å². The summed E-state index contributed by atoms with van der Waals surface area (Å²) in [6, 6.07) is 5.20. The van der Waals surface area contributed by atoms with Crippen LogP contribution in [-0.2, 0) is 0 Å². The lowest BCUT2D eigenvalue weighted by atomic mass is 9.78. The molecule has 20 heavy (non-hydrogen) atoms. The SMILES string of the molecule is CCC1(C)CCN(C(=O)c2cc(N)cc(OC)c2)CC1. The van der Waals surface area contributed by atoms with Crippen molar-refractivity contribution >= 4 is 11.6 Å². The first-order valence-corrected chi connectivity index (χ1v) is 7.21. The minimum absolute atomic E-state index is 0.0498. The largest absolute Gasteiger partial charge is 0.497 e. The van der Waals surface area contributed by atoms with E-state index in [1.165, 1.54) is 6.42 Å². The number of carbonyl (C=O) groups is 1. The highest BCUT2D eigenvalue weighted by Crippen LogP contribution is 2.34. The topological polar surface area (TPSA) is 55.6 Å². The molecule has 0 radical (unpaired) electrons. The number of anilines is 1. The van der Waals surface area contributed by atoms with Gasteiger partial charge in [0.15, 0.2) is 0 Å². The minimum Gasteiger partial charge on any atom is -0.497 e. The second-order valence-corrected chi connectivity index (χ2v) is 5.95. The highest BCUT2D eigenvalue weighted by atomic mass is 16.5. The van der Waals surface area contributed by atoms with Crippen LogP contribution in [0.5, 0.6) is 5.75 Å². The maximum absolute atomic E-state index is 12.5. The normalized spacial score (nSPS) is 17.9. The van der Waals surface area contributed by atoms with Crippen LogP contribution in [0.15, 0.2) is 18.2 Å². The fourth-order valence-electron chi connectivity index (χ4n) is 2.65. The number of benzene rings is 1. The minimum atomic E-state index is 0.0498. The molecule has 0 unspecified atom stereocenters. The first kappa shape index (κ1) is 14.7. The van der Waals surface area contributed by atoms with E-state index >= 15 is 0 Å². The summed E-state index contributed by atoms with van der Waals surface area (Å²) in [6.45, 7) is 6.17. The molecular formula is C16H24N2O2. The molecule has 4 nitrogen and oxygen atoms in total. The molecule has 2 N–H and O–H groups in total. The summed E-state index contributed by atoms with van der Waals surface area (Å²) in [5, 5.41) is 0. The molecule has 0 atom stereocenters. The average molecular weight is 276 g/mol. The van der Waals surface area contributed by atoms with E-state index in [-0.39, 0.29) is 5.91 Å². The van der Waals surface area contributed by atoms with Crippen molar-refractivity contribution in [2.75, 3.05) is 25.9 Å². The first-order chi connectivity index (χ1) is 9.47. The number of likely N-dealkylation sites (tertiary alicyclic amines) is 1. The summed E-state index contributed by atoms with van der Waals surface area (Å²) in [4.78, 5) is 14.5. The zero-order valence-corrected chi connectivity index (χ0v) is 12.6. The van der Waals surface area contributed by atoms with E-state index in [9.17, 15) is 4.79 Å². The third kappa shape index (κ3) is 3.06. The molecule has 0 aliphatic carbocycles. The molecule has 1 aromatic carbocycles. The molecule has 1 aromatic rings. The highest BCUT2D eigenvalue weighted by molar-refractivity contribution is 5.95. The van der Waals surface area contributed by atoms with E-state index in [2.05, 4.69) is 13.8 Å². The van der Waals surface area contributed by atoms with E-state index in [0.717, 1.165) is 25.9 Å². The van der Waals surface area contributed by atoms with Crippen molar-refractivity contribution < 1.29 is 9.53 Å². The lowest BCUT2D eigenvalue weighted by Crippen LogP contribution is -2.41. The summed E-state index contributed by atoms with van der Waals surface area (Å²) >= 11 is 0. The molecule has 110 valence electrons. The van der Waals surface area contributed by atoms with E-state index in [1.54, 1.807) is 25.3 Å². The Bertz CT molecular complexity index is 491. The second kappa shape index (κ2) is 5.73. The van der Waals surface area contributed by atoms with Crippen LogP contribution in [0.2, 0.25) is 0 Å². The molecule has 2 rings (SSSR count). The van der Waals surface area contributed by atoms with Crippen LogP contribution in [0, 0.1) is 5.41 Å². The van der Waals surface area contributed by atoms with Gasteiger partial charge in [0.05, 0.1) is 7.11 Å². The Kier molecular flexibility index (Phi) is 4.21. The summed E-state index contributed by atoms with van der Waals surface area (Å²) in [5.41, 5.74) is 7.37. The Balaban J connectivity index is 2.11. The van der Waals surface area contributed by atoms with Crippen molar-refractivity contribution in [1.82, 2.24) is 4.90 Å². The predicted molar refractivity (Wildman–Crippen MR) is 80.9 cm³/mol. The van der Waals surface area contributed by atoms with E-state index in [4.69, 9.17) is 10.5 Å². The Hall–Kier alpha value is -1.71. The van der Waals surface area contributed by atoms with Crippen LogP contribution >= 0.6 is 0 Å². The number of carbonyl (C=O) groups excluding carboxylic acids is 1. The van der Waals surface area contributed by atoms with Crippen LogP contribution < -0.4 is 10.5 Å². The smallest absolute Gasteiger partial charge is 0.254 e. The highest BCUT2D eigenvalue weighted by Gasteiger charge is 2.30. The Morgan fingerprint density at radius 2 is 2.00 bits per heavy atom. The molecule has 0 bridgehead atoms. The van der Waals surface area contributed by atoms with Crippen molar-refractivity contribution in [1.29, 1.82) is 0 Å². The lowest BCUT2D eigenvalue weighted by Gasteiger charge is -2.39. The van der Waals surface area contributed by atoms with Gasteiger partial charge in [-0.2, -0.15) is 0 Å². The van der Waals surface area contributed by atoms with Gasteiger partial charge in [-0.25, -0.2) is 0 Å². The summed E-state index contributed by atoms with van der Waals surface area (Å²) < 4.78 is 5.17. The van der Waals surface area contributed by atoms with Gasteiger partial charge >= 0.3 is 0 Å². The van der Waals surface area contributed by atoms with Gasteiger partial charge in [0.25, 0.3) is 5.91 Å². The van der Waals surface area contributed by atoms with Crippen LogP contribution in [0.25, 0.3) is 0 Å². The number of nitrogens with zero attached hydrogens (tertiary/aromatic N) is 1. The predicted octanol–water partition coefficient (Wildman–Crippen LogP) is 2.93. The fourth-order valence-corrected chi connectivity index (χ4v) is 2.65. The van der Waals surface area contributed by atoms with Gasteiger partial charge < -0.3 is 15.4 Å². The van der Waals surface area contributed by atoms with Crippen molar-refractivity contribution in [2.24, 2.45) is 5.41 Å². The number of rotatable bonds is 3. The number of piperidine rings is 1. The monoisotopic (exact) mass is 276 g/mol. The van der Waals surface area contributed by atoms with Crippen LogP contribution in [-0.4, -0.2) is 31.0 Å². The van der Waals surface area contributed by atoms with Crippen molar-refractivity contribution in [3.63, 3.8) is 0 Å². The summed E-state index contributed by atoms with van der Waals surface area (Å²) in [7, 11) is 1.58. The third-order valence-corrected chi connectivity index (χ3v) is 4.52. The number of ether oxygens (including phenoxy) is 1. The number of methoxy groups -OCH3 is 1. The van der Waals surface area contributed by atoms with Crippen molar-refractivity contribution in [3.8, 4) is 5.75 Å². The molecule has 1 aliphatic heterocycles. The van der Waals surface area contributed by atoms with E-state index < -0.39 is 0 Å². The number of nitrogen functional groups attached to an aromatic ring is 1. The fraction of sp³-hybridized carbons (Fsp3) is 0.562. The van der Waals surface area contributed by atoms with Crippen molar-refractivity contribution in [3.05, 3.63) is 23.8 Å². The molecule has 1 amide bonds. The third-order valence-electron chi connectivity index (χ3n) is 4.52. The van der Waals surface area contributed by atoms with Gasteiger partial charge in [-0.3, -0.25) is 4.79 Å². The zero-order chi connectivity index (χ0) is 14.8. The van der Waals surface area contributed by atoms with E-state index in [1.807, 2.05) is 4.90 Å². The molecule has 0 aromatic heterocycles.